The van der Waals surface area contributed by atoms with E-state index in [1.807, 2.05) is 4.98 Å². The van der Waals surface area contributed by atoms with Gasteiger partial charge in [-0.1, -0.05) is 18.2 Å². The summed E-state index contributed by atoms with van der Waals surface area (Å²) in [7, 11) is -4.30. The summed E-state index contributed by atoms with van der Waals surface area (Å²) in [6, 6.07) is 7.86. The first-order valence-electron chi connectivity index (χ1n) is 11.1. The zero-order valence-corrected chi connectivity index (χ0v) is 21.0. The number of aromatic amines is 1. The van der Waals surface area contributed by atoms with Gasteiger partial charge in [0, 0.05) is 12.3 Å². The Morgan fingerprint density at radius 1 is 1.28 bits per heavy atom. The van der Waals surface area contributed by atoms with Crippen molar-refractivity contribution in [3.05, 3.63) is 63.4 Å². The van der Waals surface area contributed by atoms with E-state index in [4.69, 9.17) is 18.5 Å². The average molecular weight is 529 g/mol. The third-order valence-corrected chi connectivity index (χ3v) is 6.90. The first-order chi connectivity index (χ1) is 16.8. The van der Waals surface area contributed by atoms with Crippen molar-refractivity contribution in [2.75, 3.05) is 6.61 Å². The highest BCUT2D eigenvalue weighted by atomic mass is 31.2. The van der Waals surface area contributed by atoms with Gasteiger partial charge in [-0.05, 0) is 39.8 Å². The van der Waals surface area contributed by atoms with Crippen LogP contribution in [-0.2, 0) is 23.4 Å². The largest absolute Gasteiger partial charge is 0.462 e. The molecule has 12 nitrogen and oxygen atoms in total. The fourth-order valence-corrected chi connectivity index (χ4v) is 4.97. The van der Waals surface area contributed by atoms with E-state index in [-0.39, 0.29) is 5.75 Å². The van der Waals surface area contributed by atoms with Crippen molar-refractivity contribution in [1.29, 1.82) is 0 Å². The molecule has 3 N–H and O–H groups in total. The van der Waals surface area contributed by atoms with Crippen molar-refractivity contribution in [2.45, 2.75) is 63.9 Å². The second-order valence-electron chi connectivity index (χ2n) is 8.67. The Kier molecular flexibility index (Phi) is 8.52. The number of nitrogens with one attached hydrogen (secondary N) is 2. The molecule has 14 heteroatoms. The monoisotopic (exact) mass is 529 g/mol. The molecular weight excluding hydrogens is 500 g/mol. The number of para-hydroxylation sites is 1. The van der Waals surface area contributed by atoms with Crippen LogP contribution in [0.25, 0.3) is 0 Å². The summed E-state index contributed by atoms with van der Waals surface area (Å²) in [6.45, 7) is 5.07. The third-order valence-electron chi connectivity index (χ3n) is 5.26. The maximum Gasteiger partial charge on any atom is 0.459 e. The summed E-state index contributed by atoms with van der Waals surface area (Å²) in [5, 5.41) is 13.0. The highest BCUT2D eigenvalue weighted by Gasteiger charge is 2.55. The van der Waals surface area contributed by atoms with Crippen LogP contribution in [0.15, 0.2) is 52.2 Å². The molecular formula is C22H29FN3O9P. The zero-order valence-electron chi connectivity index (χ0n) is 20.1. The topological polar surface area (TPSA) is 158 Å². The molecule has 3 rings (SSSR count). The van der Waals surface area contributed by atoms with Crippen molar-refractivity contribution in [3.8, 4) is 5.75 Å². The molecule has 2 heterocycles. The van der Waals surface area contributed by atoms with Gasteiger partial charge in [-0.3, -0.25) is 23.7 Å². The summed E-state index contributed by atoms with van der Waals surface area (Å²) in [4.78, 5) is 37.7. The molecule has 1 saturated heterocycles. The van der Waals surface area contributed by atoms with Crippen LogP contribution in [-0.4, -0.2) is 57.3 Å². The van der Waals surface area contributed by atoms with E-state index in [9.17, 15) is 24.1 Å². The fraction of sp³-hybridized carbons (Fsp3) is 0.500. The van der Waals surface area contributed by atoms with Gasteiger partial charge in [0.2, 0.25) is 0 Å². The molecule has 2 aromatic rings. The number of rotatable bonds is 10. The van der Waals surface area contributed by atoms with Crippen LogP contribution < -0.4 is 20.9 Å². The summed E-state index contributed by atoms with van der Waals surface area (Å²) in [6.07, 6.45) is -4.21. The number of benzene rings is 1. The van der Waals surface area contributed by atoms with Gasteiger partial charge in [-0.15, -0.1) is 0 Å². The lowest BCUT2D eigenvalue weighted by Crippen LogP contribution is -2.43. The molecule has 198 valence electrons. The van der Waals surface area contributed by atoms with Crippen molar-refractivity contribution < 1.29 is 37.4 Å². The predicted octanol–water partition coefficient (Wildman–Crippen LogP) is 1.66. The van der Waals surface area contributed by atoms with Crippen molar-refractivity contribution >= 4 is 13.7 Å². The van der Waals surface area contributed by atoms with Crippen LogP contribution in [0.4, 0.5) is 4.39 Å². The van der Waals surface area contributed by atoms with Crippen molar-refractivity contribution in [2.24, 2.45) is 0 Å². The summed E-state index contributed by atoms with van der Waals surface area (Å²) < 4.78 is 51.4. The summed E-state index contributed by atoms with van der Waals surface area (Å²) >= 11 is 0. The zero-order chi connectivity index (χ0) is 26.7. The highest BCUT2D eigenvalue weighted by Crippen LogP contribution is 2.47. The molecule has 1 aromatic carbocycles. The number of carbonyl (C=O) groups is 1. The number of hydrogen-bond donors (Lipinski definition) is 3. The molecule has 0 bridgehead atoms. The normalized spacial score (nSPS) is 26.4. The minimum atomic E-state index is -4.30. The standard InChI is InChI=1S/C22H29FN3O9P/c1-13(2)33-19(29)14(3)25-36(31,35-15-8-6-5-7-9-15)32-12-16-18(28)22(4,23)20(34-16)26-11-10-17(27)24-21(26)30/h5-11,13-14,16,18,20,28H,12H2,1-4H3,(H,25,31)(H,24,27,30)/t14-,16-,18-,20+,22-,36-/m1/s1. The lowest BCUT2D eigenvalue weighted by molar-refractivity contribution is -0.149. The van der Waals surface area contributed by atoms with Gasteiger partial charge >= 0.3 is 19.4 Å². The molecule has 1 aromatic heterocycles. The fourth-order valence-electron chi connectivity index (χ4n) is 3.47. The molecule has 1 aliphatic heterocycles. The lowest BCUT2D eigenvalue weighted by Gasteiger charge is -2.25. The number of halogens is 1. The molecule has 0 unspecified atom stereocenters. The van der Waals surface area contributed by atoms with E-state index in [0.717, 1.165) is 23.8 Å². The highest BCUT2D eigenvalue weighted by molar-refractivity contribution is 7.52. The molecule has 1 aliphatic rings. The lowest BCUT2D eigenvalue weighted by atomic mass is 9.98. The Morgan fingerprint density at radius 3 is 2.56 bits per heavy atom. The SMILES string of the molecule is CC(C)OC(=O)[C@@H](C)N[P@@](=O)(OC[C@H]1O[C@H](n2ccc(=O)[nH]c2=O)[C@](C)(F)[C@@H]1O)Oc1ccccc1. The number of aliphatic hydroxyl groups excluding tert-OH is 1. The Labute approximate surface area is 205 Å². The van der Waals surface area contributed by atoms with E-state index in [2.05, 4.69) is 5.09 Å². The molecule has 0 aliphatic carbocycles. The average Bonchev–Trinajstić information content (AvgIpc) is 3.01. The Hall–Kier alpha value is -2.83. The van der Waals surface area contributed by atoms with Gasteiger partial charge in [-0.25, -0.2) is 13.8 Å². The van der Waals surface area contributed by atoms with Crippen LogP contribution in [0.2, 0.25) is 0 Å². The van der Waals surface area contributed by atoms with Crippen molar-refractivity contribution in [3.63, 3.8) is 0 Å². The van der Waals surface area contributed by atoms with Gasteiger partial charge in [-0.2, -0.15) is 5.09 Å². The summed E-state index contributed by atoms with van der Waals surface area (Å²) in [5.41, 5.74) is -4.12. The van der Waals surface area contributed by atoms with Crippen LogP contribution in [0, 0.1) is 0 Å². The van der Waals surface area contributed by atoms with E-state index >= 15 is 4.39 Å². The first kappa shape index (κ1) is 27.8. The molecule has 0 saturated carbocycles. The quantitative estimate of drug-likeness (QED) is 0.305. The number of nitrogens with zero attached hydrogens (tertiary/aromatic N) is 1. The van der Waals surface area contributed by atoms with Gasteiger partial charge < -0.3 is 19.1 Å². The number of H-pyrrole nitrogens is 1. The Morgan fingerprint density at radius 2 is 1.94 bits per heavy atom. The van der Waals surface area contributed by atoms with Crippen LogP contribution in [0.1, 0.15) is 33.9 Å². The van der Waals surface area contributed by atoms with Crippen LogP contribution in [0.3, 0.4) is 0 Å². The number of ether oxygens (including phenoxy) is 2. The van der Waals surface area contributed by atoms with E-state index in [0.29, 0.717) is 0 Å². The minimum Gasteiger partial charge on any atom is -0.462 e. The maximum atomic E-state index is 15.4. The van der Waals surface area contributed by atoms with Gasteiger partial charge in [0.25, 0.3) is 5.56 Å². The molecule has 0 amide bonds. The second kappa shape index (κ2) is 11.1. The predicted molar refractivity (Wildman–Crippen MR) is 125 cm³/mol. The third kappa shape index (κ3) is 6.48. The van der Waals surface area contributed by atoms with Gasteiger partial charge in [0.05, 0.1) is 12.7 Å². The second-order valence-corrected chi connectivity index (χ2v) is 10.4. The summed E-state index contributed by atoms with van der Waals surface area (Å²) in [5.74, 6) is -0.560. The number of hydrogen-bond acceptors (Lipinski definition) is 9. The van der Waals surface area contributed by atoms with E-state index < -0.39 is 67.8 Å². The Bertz CT molecular complexity index is 1220. The number of alkyl halides is 1. The Balaban J connectivity index is 1.80. The molecule has 36 heavy (non-hydrogen) atoms. The van der Waals surface area contributed by atoms with E-state index in [1.165, 1.54) is 19.1 Å². The molecule has 1 fully saturated rings. The number of esters is 1. The van der Waals surface area contributed by atoms with Crippen LogP contribution in [0.5, 0.6) is 5.75 Å². The van der Waals surface area contributed by atoms with Crippen LogP contribution >= 0.6 is 7.75 Å². The van der Waals surface area contributed by atoms with Gasteiger partial charge in [0.15, 0.2) is 11.9 Å². The van der Waals surface area contributed by atoms with E-state index in [1.54, 1.807) is 32.0 Å². The molecule has 0 radical (unpaired) electrons. The first-order valence-corrected chi connectivity index (χ1v) is 12.7. The minimum absolute atomic E-state index is 0.152. The number of aliphatic hydroxyl groups is 1. The smallest absolute Gasteiger partial charge is 0.459 e. The number of aromatic nitrogens is 2. The van der Waals surface area contributed by atoms with Gasteiger partial charge in [0.1, 0.15) is 24.0 Å². The maximum absolute atomic E-state index is 15.4. The molecule has 0 spiro atoms. The number of carbonyl (C=O) groups excluding carboxylic acids is 1. The van der Waals surface area contributed by atoms with Crippen molar-refractivity contribution in [1.82, 2.24) is 14.6 Å². The molecule has 6 atom stereocenters.